The summed E-state index contributed by atoms with van der Waals surface area (Å²) in [5.41, 5.74) is 6.80. The van der Waals surface area contributed by atoms with Gasteiger partial charge < -0.3 is 5.73 Å². The summed E-state index contributed by atoms with van der Waals surface area (Å²) >= 11 is 6.69. The van der Waals surface area contributed by atoms with Crippen molar-refractivity contribution >= 4 is 31.9 Å². The number of halogens is 5. The zero-order valence-corrected chi connectivity index (χ0v) is 14.0. The van der Waals surface area contributed by atoms with Crippen LogP contribution in [-0.4, -0.2) is 0 Å². The molecule has 112 valence electrons. The highest BCUT2D eigenvalue weighted by molar-refractivity contribution is 9.10. The zero-order valence-electron chi connectivity index (χ0n) is 10.8. The molecule has 0 spiro atoms. The lowest BCUT2D eigenvalue weighted by atomic mass is 9.98. The summed E-state index contributed by atoms with van der Waals surface area (Å²) in [5.74, 6) is 0. The van der Waals surface area contributed by atoms with Gasteiger partial charge in [0.05, 0.1) is 5.56 Å². The van der Waals surface area contributed by atoms with Crippen LogP contribution in [0.15, 0.2) is 51.4 Å². The van der Waals surface area contributed by atoms with Gasteiger partial charge in [0, 0.05) is 15.0 Å². The lowest BCUT2D eigenvalue weighted by Gasteiger charge is -2.17. The van der Waals surface area contributed by atoms with Gasteiger partial charge in [0.25, 0.3) is 0 Å². The molecule has 2 aromatic carbocycles. The summed E-state index contributed by atoms with van der Waals surface area (Å²) in [6.45, 7) is 0. The molecular weight excluding hydrogens is 411 g/mol. The minimum Gasteiger partial charge on any atom is -0.324 e. The Balaban J connectivity index is 2.31. The second-order valence-electron chi connectivity index (χ2n) is 4.64. The number of rotatable bonds is 3. The maximum Gasteiger partial charge on any atom is 0.416 e. The monoisotopic (exact) mass is 421 g/mol. The molecule has 0 radical (unpaired) electrons. The molecule has 0 bridgehead atoms. The Morgan fingerprint density at radius 1 is 1.00 bits per heavy atom. The Labute approximate surface area is 137 Å². The van der Waals surface area contributed by atoms with Crippen molar-refractivity contribution in [3.05, 3.63) is 68.1 Å². The average molecular weight is 423 g/mol. The van der Waals surface area contributed by atoms with Crippen molar-refractivity contribution in [3.8, 4) is 0 Å². The van der Waals surface area contributed by atoms with E-state index in [-0.39, 0.29) is 0 Å². The Hall–Kier alpha value is -0.850. The van der Waals surface area contributed by atoms with E-state index >= 15 is 0 Å². The van der Waals surface area contributed by atoms with Gasteiger partial charge in [0.15, 0.2) is 0 Å². The molecule has 0 aromatic heterocycles. The molecule has 6 heteroatoms. The van der Waals surface area contributed by atoms with Crippen molar-refractivity contribution in [3.63, 3.8) is 0 Å². The SMILES string of the molecule is NC(Cc1ccccc1Br)c1cc(C(F)(F)F)ccc1Br. The minimum absolute atomic E-state index is 0.445. The average Bonchev–Trinajstić information content (AvgIpc) is 2.40. The number of alkyl halides is 3. The number of hydrogen-bond acceptors (Lipinski definition) is 1. The molecule has 0 amide bonds. The molecule has 0 saturated carbocycles. The first-order valence-corrected chi connectivity index (χ1v) is 7.73. The largest absolute Gasteiger partial charge is 0.416 e. The first-order chi connectivity index (χ1) is 9.79. The Morgan fingerprint density at radius 3 is 2.29 bits per heavy atom. The third kappa shape index (κ3) is 4.08. The van der Waals surface area contributed by atoms with E-state index < -0.39 is 17.8 Å². The lowest BCUT2D eigenvalue weighted by molar-refractivity contribution is -0.137. The zero-order chi connectivity index (χ0) is 15.6. The Morgan fingerprint density at radius 2 is 1.67 bits per heavy atom. The maximum atomic E-state index is 12.8. The fraction of sp³-hybridized carbons (Fsp3) is 0.200. The second-order valence-corrected chi connectivity index (χ2v) is 6.34. The van der Waals surface area contributed by atoms with E-state index in [1.54, 1.807) is 0 Å². The van der Waals surface area contributed by atoms with Crippen molar-refractivity contribution in [1.82, 2.24) is 0 Å². The molecule has 0 saturated heterocycles. The van der Waals surface area contributed by atoms with E-state index in [1.165, 1.54) is 6.07 Å². The normalized spacial score (nSPS) is 13.2. The molecule has 0 aliphatic rings. The van der Waals surface area contributed by atoms with Crippen LogP contribution in [0, 0.1) is 0 Å². The minimum atomic E-state index is -4.37. The van der Waals surface area contributed by atoms with Crippen LogP contribution in [0.1, 0.15) is 22.7 Å². The first kappa shape index (κ1) is 16.5. The van der Waals surface area contributed by atoms with E-state index in [0.717, 1.165) is 22.2 Å². The van der Waals surface area contributed by atoms with Crippen molar-refractivity contribution in [2.75, 3.05) is 0 Å². The first-order valence-electron chi connectivity index (χ1n) is 6.14. The van der Waals surface area contributed by atoms with Crippen molar-refractivity contribution in [2.24, 2.45) is 5.73 Å². The molecule has 0 aliphatic carbocycles. The Kier molecular flexibility index (Phi) is 5.11. The summed E-state index contributed by atoms with van der Waals surface area (Å²) in [5, 5.41) is 0. The summed E-state index contributed by atoms with van der Waals surface area (Å²) in [6.07, 6.45) is -3.93. The van der Waals surface area contributed by atoms with Crippen LogP contribution < -0.4 is 5.73 Å². The predicted octanol–water partition coefficient (Wildman–Crippen LogP) is 5.47. The van der Waals surface area contributed by atoms with E-state index in [1.807, 2.05) is 24.3 Å². The van der Waals surface area contributed by atoms with Crippen molar-refractivity contribution in [2.45, 2.75) is 18.6 Å². The third-order valence-corrected chi connectivity index (χ3v) is 4.62. The highest BCUT2D eigenvalue weighted by Crippen LogP contribution is 2.34. The topological polar surface area (TPSA) is 26.0 Å². The molecule has 21 heavy (non-hydrogen) atoms. The molecule has 0 heterocycles. The fourth-order valence-corrected chi connectivity index (χ4v) is 3.00. The third-order valence-electron chi connectivity index (χ3n) is 3.12. The standard InChI is InChI=1S/C15H12Br2F3N/c16-12-4-2-1-3-9(12)7-14(21)11-8-10(15(18,19)20)5-6-13(11)17/h1-6,8,14H,7,21H2. The number of hydrogen-bond donors (Lipinski definition) is 1. The summed E-state index contributed by atoms with van der Waals surface area (Å²) < 4.78 is 39.8. The second kappa shape index (κ2) is 6.50. The number of nitrogens with two attached hydrogens (primary N) is 1. The van der Waals surface area contributed by atoms with E-state index in [4.69, 9.17) is 5.73 Å². The maximum absolute atomic E-state index is 12.8. The van der Waals surface area contributed by atoms with Gasteiger partial charge in [-0.1, -0.05) is 50.1 Å². The molecular formula is C15H12Br2F3N. The van der Waals surface area contributed by atoms with Crippen LogP contribution >= 0.6 is 31.9 Å². The molecule has 0 fully saturated rings. The van der Waals surface area contributed by atoms with E-state index in [9.17, 15) is 13.2 Å². The molecule has 2 N–H and O–H groups in total. The molecule has 1 atom stereocenters. The quantitative estimate of drug-likeness (QED) is 0.696. The van der Waals surface area contributed by atoms with Crippen LogP contribution in [0.25, 0.3) is 0 Å². The molecule has 0 aliphatic heterocycles. The van der Waals surface area contributed by atoms with Gasteiger partial charge in [0.1, 0.15) is 0 Å². The summed E-state index contributed by atoms with van der Waals surface area (Å²) in [4.78, 5) is 0. The van der Waals surface area contributed by atoms with Gasteiger partial charge in [-0.3, -0.25) is 0 Å². The number of benzene rings is 2. The van der Waals surface area contributed by atoms with Crippen molar-refractivity contribution in [1.29, 1.82) is 0 Å². The van der Waals surface area contributed by atoms with Crippen LogP contribution in [-0.2, 0) is 12.6 Å². The van der Waals surface area contributed by atoms with Crippen LogP contribution in [0.2, 0.25) is 0 Å². The van der Waals surface area contributed by atoms with Crippen LogP contribution in [0.3, 0.4) is 0 Å². The predicted molar refractivity (Wildman–Crippen MR) is 83.9 cm³/mol. The van der Waals surface area contributed by atoms with Gasteiger partial charge >= 0.3 is 6.18 Å². The van der Waals surface area contributed by atoms with Crippen LogP contribution in [0.5, 0.6) is 0 Å². The van der Waals surface area contributed by atoms with Gasteiger partial charge in [0.2, 0.25) is 0 Å². The van der Waals surface area contributed by atoms with Gasteiger partial charge in [-0.15, -0.1) is 0 Å². The van der Waals surface area contributed by atoms with Crippen LogP contribution in [0.4, 0.5) is 13.2 Å². The molecule has 2 aromatic rings. The van der Waals surface area contributed by atoms with E-state index in [0.29, 0.717) is 16.5 Å². The molecule has 1 unspecified atom stereocenters. The van der Waals surface area contributed by atoms with Gasteiger partial charge in [-0.05, 0) is 41.8 Å². The summed E-state index contributed by atoms with van der Waals surface area (Å²) in [7, 11) is 0. The molecule has 1 nitrogen and oxygen atoms in total. The van der Waals surface area contributed by atoms with E-state index in [2.05, 4.69) is 31.9 Å². The van der Waals surface area contributed by atoms with Gasteiger partial charge in [-0.2, -0.15) is 13.2 Å². The molecule has 2 rings (SSSR count). The summed E-state index contributed by atoms with van der Waals surface area (Å²) in [6, 6.07) is 10.5. The highest BCUT2D eigenvalue weighted by atomic mass is 79.9. The smallest absolute Gasteiger partial charge is 0.324 e. The highest BCUT2D eigenvalue weighted by Gasteiger charge is 2.31. The van der Waals surface area contributed by atoms with Crippen molar-refractivity contribution < 1.29 is 13.2 Å². The fourth-order valence-electron chi connectivity index (χ4n) is 2.02. The Bertz CT molecular complexity index is 641. The lowest BCUT2D eigenvalue weighted by Crippen LogP contribution is -2.16. The van der Waals surface area contributed by atoms with Gasteiger partial charge in [-0.25, -0.2) is 0 Å².